The number of nitrogens with one attached hydrogen (secondary N) is 2. The molecule has 0 spiro atoms. The molecule has 5 nitrogen and oxygen atoms in total. The number of piperidine rings is 1. The Morgan fingerprint density at radius 2 is 1.67 bits per heavy atom. The van der Waals surface area contributed by atoms with Crippen LogP contribution in [0.1, 0.15) is 42.5 Å². The second kappa shape index (κ2) is 9.78. The summed E-state index contributed by atoms with van der Waals surface area (Å²) in [5, 5.41) is 18.9. The molecule has 1 heterocycles. The first-order chi connectivity index (χ1) is 16.0. The van der Waals surface area contributed by atoms with Crippen molar-refractivity contribution >= 4 is 10.8 Å². The molecule has 1 saturated heterocycles. The Morgan fingerprint density at radius 3 is 2.27 bits per heavy atom. The van der Waals surface area contributed by atoms with E-state index in [9.17, 15) is 9.65 Å². The minimum atomic E-state index is -0.220. The van der Waals surface area contributed by atoms with Gasteiger partial charge in [-0.1, -0.05) is 36.4 Å². The van der Waals surface area contributed by atoms with Crippen LogP contribution in [0.2, 0.25) is 0 Å². The van der Waals surface area contributed by atoms with E-state index >= 15 is 0 Å². The van der Waals surface area contributed by atoms with E-state index in [-0.39, 0.29) is 17.3 Å². The monoisotopic (exact) mass is 447 g/mol. The highest BCUT2D eigenvalue weighted by Crippen LogP contribution is 2.43. The van der Waals surface area contributed by atoms with Crippen LogP contribution in [0.3, 0.4) is 0 Å². The normalized spacial score (nSPS) is 16.2. The first-order valence-electron chi connectivity index (χ1n) is 11.3. The van der Waals surface area contributed by atoms with E-state index in [4.69, 9.17) is 9.47 Å². The van der Waals surface area contributed by atoms with Crippen molar-refractivity contribution in [1.29, 1.82) is 5.26 Å². The van der Waals surface area contributed by atoms with Gasteiger partial charge in [-0.25, -0.2) is 4.39 Å². The van der Waals surface area contributed by atoms with Gasteiger partial charge in [0.15, 0.2) is 0 Å². The highest BCUT2D eigenvalue weighted by atomic mass is 19.1. The lowest BCUT2D eigenvalue weighted by atomic mass is 9.73. The molecule has 1 aliphatic heterocycles. The van der Waals surface area contributed by atoms with Crippen molar-refractivity contribution in [1.82, 2.24) is 10.6 Å². The van der Waals surface area contributed by atoms with Gasteiger partial charge in [-0.2, -0.15) is 5.26 Å². The Morgan fingerprint density at radius 1 is 1.03 bits per heavy atom. The molecule has 3 aromatic rings. The van der Waals surface area contributed by atoms with Gasteiger partial charge in [0.2, 0.25) is 0 Å². The summed E-state index contributed by atoms with van der Waals surface area (Å²) >= 11 is 0. The van der Waals surface area contributed by atoms with Crippen LogP contribution >= 0.6 is 0 Å². The third-order valence-electron chi connectivity index (χ3n) is 6.88. The molecule has 1 atom stereocenters. The number of rotatable bonds is 7. The van der Waals surface area contributed by atoms with E-state index in [1.165, 1.54) is 0 Å². The van der Waals surface area contributed by atoms with E-state index in [1.807, 2.05) is 36.4 Å². The molecule has 4 rings (SSSR count). The van der Waals surface area contributed by atoms with E-state index < -0.39 is 0 Å². The second-order valence-electron chi connectivity index (χ2n) is 8.65. The Hall–Kier alpha value is -3.14. The summed E-state index contributed by atoms with van der Waals surface area (Å²) in [5.74, 6) is 0.846. The first-order valence-corrected chi connectivity index (χ1v) is 11.3. The number of fused-ring (bicyclic) bond motifs is 1. The maximum absolute atomic E-state index is 13.6. The number of nitrogens with zero attached hydrogens (tertiary/aromatic N) is 1. The van der Waals surface area contributed by atoms with Gasteiger partial charge in [0.05, 0.1) is 14.2 Å². The molecule has 0 aliphatic carbocycles. The van der Waals surface area contributed by atoms with Crippen LogP contribution in [0.25, 0.3) is 10.8 Å². The molecule has 3 aromatic carbocycles. The van der Waals surface area contributed by atoms with Gasteiger partial charge in [-0.05, 0) is 55.9 Å². The molecule has 0 saturated carbocycles. The molecule has 172 valence electrons. The van der Waals surface area contributed by atoms with Crippen molar-refractivity contribution in [2.24, 2.45) is 0 Å². The molecule has 1 unspecified atom stereocenters. The Bertz CT molecular complexity index is 1160. The number of hydrogen-bond donors (Lipinski definition) is 2. The van der Waals surface area contributed by atoms with E-state index in [0.717, 1.165) is 54.4 Å². The fourth-order valence-corrected chi connectivity index (χ4v) is 5.09. The Kier molecular flexibility index (Phi) is 6.83. The Balaban J connectivity index is 1.73. The van der Waals surface area contributed by atoms with Crippen LogP contribution in [0.15, 0.2) is 48.5 Å². The predicted molar refractivity (Wildman–Crippen MR) is 128 cm³/mol. The average molecular weight is 448 g/mol. The maximum Gasteiger partial charge on any atom is 0.148 e. The zero-order valence-corrected chi connectivity index (χ0v) is 19.4. The molecule has 6 heteroatoms. The lowest BCUT2D eigenvalue weighted by molar-refractivity contribution is 0.283. The largest absolute Gasteiger partial charge is 0.495 e. The number of benzene rings is 3. The highest BCUT2D eigenvalue weighted by molar-refractivity contribution is 5.96. The van der Waals surface area contributed by atoms with E-state index in [1.54, 1.807) is 26.4 Å². The predicted octanol–water partition coefficient (Wildman–Crippen LogP) is 4.84. The number of nitriles is 1. The van der Waals surface area contributed by atoms with Crippen molar-refractivity contribution < 1.29 is 13.9 Å². The van der Waals surface area contributed by atoms with Gasteiger partial charge < -0.3 is 20.1 Å². The molecule has 1 aliphatic rings. The van der Waals surface area contributed by atoms with Crippen molar-refractivity contribution in [3.63, 3.8) is 0 Å². The first kappa shape index (κ1) is 23.0. The Labute approximate surface area is 194 Å². The number of methoxy groups -OCH3 is 2. The summed E-state index contributed by atoms with van der Waals surface area (Å²) in [6.07, 6.45) is 1.92. The van der Waals surface area contributed by atoms with Crippen molar-refractivity contribution in [3.8, 4) is 17.6 Å². The zero-order chi connectivity index (χ0) is 23.4. The SMILES string of the molecule is COc1c(C#N)c(OC)c2ccccc2c1C(C)NCC1(c2ccc(F)cc2)CCNCC1. The molecule has 0 aromatic heterocycles. The van der Waals surface area contributed by atoms with Gasteiger partial charge in [0.1, 0.15) is 28.9 Å². The van der Waals surface area contributed by atoms with E-state index in [2.05, 4.69) is 23.6 Å². The van der Waals surface area contributed by atoms with Crippen molar-refractivity contribution in [2.75, 3.05) is 33.9 Å². The highest BCUT2D eigenvalue weighted by Gasteiger charge is 2.35. The minimum absolute atomic E-state index is 0.0879. The number of ether oxygens (including phenoxy) is 2. The summed E-state index contributed by atoms with van der Waals surface area (Å²) < 4.78 is 25.0. The molecule has 0 bridgehead atoms. The van der Waals surface area contributed by atoms with Crippen LogP contribution in [0.4, 0.5) is 4.39 Å². The molecule has 0 amide bonds. The minimum Gasteiger partial charge on any atom is -0.495 e. The third kappa shape index (κ3) is 4.27. The van der Waals surface area contributed by atoms with Crippen molar-refractivity contribution in [2.45, 2.75) is 31.2 Å². The number of halogens is 1. The fraction of sp³-hybridized carbons (Fsp3) is 0.370. The molecular formula is C27H30FN3O2. The van der Waals surface area contributed by atoms with Gasteiger partial charge in [0.25, 0.3) is 0 Å². The maximum atomic E-state index is 13.6. The summed E-state index contributed by atoms with van der Waals surface area (Å²) in [7, 11) is 3.17. The summed E-state index contributed by atoms with van der Waals surface area (Å²) in [4.78, 5) is 0. The number of hydrogen-bond acceptors (Lipinski definition) is 5. The van der Waals surface area contributed by atoms with Crippen LogP contribution in [0.5, 0.6) is 11.5 Å². The smallest absolute Gasteiger partial charge is 0.148 e. The summed E-state index contributed by atoms with van der Waals surface area (Å²) in [5.41, 5.74) is 2.39. The molecule has 1 fully saturated rings. The van der Waals surface area contributed by atoms with Crippen LogP contribution in [0, 0.1) is 17.1 Å². The van der Waals surface area contributed by atoms with Gasteiger partial charge >= 0.3 is 0 Å². The molecule has 33 heavy (non-hydrogen) atoms. The summed E-state index contributed by atoms with van der Waals surface area (Å²) in [6.45, 7) is 4.66. The fourth-order valence-electron chi connectivity index (χ4n) is 5.09. The summed E-state index contributed by atoms with van der Waals surface area (Å²) in [6, 6.07) is 17.0. The molecule has 0 radical (unpaired) electrons. The quantitative estimate of drug-likeness (QED) is 0.543. The lowest BCUT2D eigenvalue weighted by Crippen LogP contribution is -2.46. The van der Waals surface area contributed by atoms with E-state index in [0.29, 0.717) is 17.1 Å². The van der Waals surface area contributed by atoms with Crippen LogP contribution in [-0.2, 0) is 5.41 Å². The van der Waals surface area contributed by atoms with Gasteiger partial charge in [-0.15, -0.1) is 0 Å². The lowest BCUT2D eigenvalue weighted by Gasteiger charge is -2.39. The van der Waals surface area contributed by atoms with Gasteiger partial charge in [-0.3, -0.25) is 0 Å². The second-order valence-corrected chi connectivity index (χ2v) is 8.65. The van der Waals surface area contributed by atoms with Crippen LogP contribution in [-0.4, -0.2) is 33.9 Å². The standard InChI is InChI=1S/C27H30FN3O2/c1-18(31-17-27(12-14-30-15-13-27)19-8-10-20(28)11-9-19)24-21-6-4-5-7-22(21)25(32-2)23(16-29)26(24)33-3/h4-11,18,30-31H,12-15,17H2,1-3H3. The molecule has 2 N–H and O–H groups in total. The topological polar surface area (TPSA) is 66.3 Å². The molecular weight excluding hydrogens is 417 g/mol. The average Bonchev–Trinajstić information content (AvgIpc) is 2.86. The van der Waals surface area contributed by atoms with Gasteiger partial charge in [0, 0.05) is 29.0 Å². The van der Waals surface area contributed by atoms with Crippen LogP contribution < -0.4 is 20.1 Å². The third-order valence-corrected chi connectivity index (χ3v) is 6.88. The van der Waals surface area contributed by atoms with Crippen molar-refractivity contribution in [3.05, 3.63) is 71.0 Å². The zero-order valence-electron chi connectivity index (χ0n) is 19.4.